The van der Waals surface area contributed by atoms with Gasteiger partial charge in [0.25, 0.3) is 0 Å². The molecule has 3 unspecified atom stereocenters. The number of methoxy groups -OCH3 is 1. The van der Waals surface area contributed by atoms with Gasteiger partial charge in [-0.05, 0) is 44.6 Å². The van der Waals surface area contributed by atoms with Crippen LogP contribution in [0.25, 0.3) is 0 Å². The number of piperidine rings is 1. The van der Waals surface area contributed by atoms with E-state index in [2.05, 4.69) is 10.6 Å². The molecule has 0 spiro atoms. The van der Waals surface area contributed by atoms with Gasteiger partial charge in [0, 0.05) is 24.1 Å². The lowest BCUT2D eigenvalue weighted by Crippen LogP contribution is -2.40. The molecule has 2 heterocycles. The van der Waals surface area contributed by atoms with Gasteiger partial charge in [0.2, 0.25) is 5.91 Å². The summed E-state index contributed by atoms with van der Waals surface area (Å²) < 4.78 is 5.37. The minimum Gasteiger partial charge on any atom is -0.496 e. The highest BCUT2D eigenvalue weighted by molar-refractivity contribution is 5.85. The van der Waals surface area contributed by atoms with E-state index < -0.39 is 0 Å². The van der Waals surface area contributed by atoms with Gasteiger partial charge in [0.05, 0.1) is 13.2 Å². The average Bonchev–Trinajstić information content (AvgIpc) is 2.85. The van der Waals surface area contributed by atoms with Crippen LogP contribution in [-0.2, 0) is 4.79 Å². The standard InChI is InChI=1S/C18H26N2O2.ClH/c1-12(16-5-3-4-6-17(16)22-2)19-18(21)11-13-9-14-7-8-15(10-13)20-14;/h3-6,12-15,20H,7-11H2,1-2H3,(H,19,21);1H. The van der Waals surface area contributed by atoms with Crippen LogP contribution in [0.4, 0.5) is 0 Å². The Labute approximate surface area is 144 Å². The summed E-state index contributed by atoms with van der Waals surface area (Å²) in [7, 11) is 1.66. The fraction of sp³-hybridized carbons (Fsp3) is 0.611. The molecule has 1 aromatic rings. The van der Waals surface area contributed by atoms with E-state index in [-0.39, 0.29) is 24.4 Å². The maximum absolute atomic E-state index is 12.4. The second kappa shape index (κ2) is 8.02. The van der Waals surface area contributed by atoms with Crippen molar-refractivity contribution in [3.05, 3.63) is 29.8 Å². The summed E-state index contributed by atoms with van der Waals surface area (Å²) in [6, 6.07) is 9.12. The Balaban J connectivity index is 0.00000192. The first-order valence-electron chi connectivity index (χ1n) is 8.34. The maximum atomic E-state index is 12.4. The molecule has 128 valence electrons. The predicted molar refractivity (Wildman–Crippen MR) is 94.1 cm³/mol. The zero-order valence-electron chi connectivity index (χ0n) is 13.9. The molecule has 1 aromatic carbocycles. The maximum Gasteiger partial charge on any atom is 0.220 e. The van der Waals surface area contributed by atoms with Gasteiger partial charge in [-0.1, -0.05) is 18.2 Å². The third kappa shape index (κ3) is 4.39. The van der Waals surface area contributed by atoms with Crippen LogP contribution in [0.3, 0.4) is 0 Å². The molecule has 5 heteroatoms. The minimum atomic E-state index is -0.0258. The Morgan fingerprint density at radius 1 is 1.30 bits per heavy atom. The molecule has 0 saturated carbocycles. The molecule has 2 aliphatic heterocycles. The number of ether oxygens (including phenoxy) is 1. The minimum absolute atomic E-state index is 0. The molecule has 2 saturated heterocycles. The number of hydrogen-bond donors (Lipinski definition) is 2. The molecule has 3 rings (SSSR count). The molecular formula is C18H27ClN2O2. The van der Waals surface area contributed by atoms with E-state index in [1.165, 1.54) is 12.8 Å². The lowest BCUT2D eigenvalue weighted by atomic mass is 9.89. The van der Waals surface area contributed by atoms with E-state index in [9.17, 15) is 4.79 Å². The lowest BCUT2D eigenvalue weighted by Gasteiger charge is -2.29. The van der Waals surface area contributed by atoms with Crippen molar-refractivity contribution in [2.24, 2.45) is 5.92 Å². The van der Waals surface area contributed by atoms with Crippen LogP contribution < -0.4 is 15.4 Å². The van der Waals surface area contributed by atoms with Gasteiger partial charge in [0.1, 0.15) is 5.75 Å². The summed E-state index contributed by atoms with van der Waals surface area (Å²) in [6.45, 7) is 2.02. The molecule has 0 aliphatic carbocycles. The van der Waals surface area contributed by atoms with Crippen LogP contribution in [0.1, 0.15) is 50.6 Å². The average molecular weight is 339 g/mol. The third-order valence-electron chi connectivity index (χ3n) is 5.03. The molecule has 2 bridgehead atoms. The molecule has 1 amide bonds. The quantitative estimate of drug-likeness (QED) is 0.866. The fourth-order valence-electron chi connectivity index (χ4n) is 4.01. The third-order valence-corrected chi connectivity index (χ3v) is 5.03. The Bertz CT molecular complexity index is 526. The van der Waals surface area contributed by atoms with E-state index in [4.69, 9.17) is 4.74 Å². The van der Waals surface area contributed by atoms with Crippen LogP contribution in [0, 0.1) is 5.92 Å². The van der Waals surface area contributed by atoms with E-state index in [0.717, 1.165) is 24.2 Å². The zero-order valence-corrected chi connectivity index (χ0v) is 14.7. The molecule has 0 radical (unpaired) electrons. The molecule has 2 N–H and O–H groups in total. The van der Waals surface area contributed by atoms with Crippen molar-refractivity contribution in [1.82, 2.24) is 10.6 Å². The number of rotatable bonds is 5. The van der Waals surface area contributed by atoms with Crippen molar-refractivity contribution in [3.8, 4) is 5.75 Å². The van der Waals surface area contributed by atoms with E-state index in [1.807, 2.05) is 31.2 Å². The van der Waals surface area contributed by atoms with Crippen molar-refractivity contribution < 1.29 is 9.53 Å². The van der Waals surface area contributed by atoms with Crippen LogP contribution in [0.15, 0.2) is 24.3 Å². The van der Waals surface area contributed by atoms with Gasteiger partial charge in [-0.25, -0.2) is 0 Å². The largest absolute Gasteiger partial charge is 0.496 e. The highest BCUT2D eigenvalue weighted by atomic mass is 35.5. The Kier molecular flexibility index (Phi) is 6.31. The first-order chi connectivity index (χ1) is 10.7. The summed E-state index contributed by atoms with van der Waals surface area (Å²) in [6.07, 6.45) is 5.49. The normalized spacial score (nSPS) is 27.0. The molecule has 23 heavy (non-hydrogen) atoms. The van der Waals surface area contributed by atoms with Crippen molar-refractivity contribution in [1.29, 1.82) is 0 Å². The van der Waals surface area contributed by atoms with Gasteiger partial charge in [0.15, 0.2) is 0 Å². The monoisotopic (exact) mass is 338 g/mol. The van der Waals surface area contributed by atoms with Crippen molar-refractivity contribution in [3.63, 3.8) is 0 Å². The molecule has 0 aromatic heterocycles. The SMILES string of the molecule is COc1ccccc1C(C)NC(=O)CC1CC2CCC(C1)N2.Cl. The van der Waals surface area contributed by atoms with E-state index >= 15 is 0 Å². The van der Waals surface area contributed by atoms with Crippen molar-refractivity contribution in [2.75, 3.05) is 7.11 Å². The van der Waals surface area contributed by atoms with Crippen molar-refractivity contribution in [2.45, 2.75) is 57.2 Å². The number of amides is 1. The molecular weight excluding hydrogens is 312 g/mol. The highest BCUT2D eigenvalue weighted by Gasteiger charge is 2.34. The summed E-state index contributed by atoms with van der Waals surface area (Å²) in [5.74, 6) is 1.52. The number of nitrogens with one attached hydrogen (secondary N) is 2. The summed E-state index contributed by atoms with van der Waals surface area (Å²) in [4.78, 5) is 12.4. The Morgan fingerprint density at radius 3 is 2.61 bits per heavy atom. The van der Waals surface area contributed by atoms with Crippen LogP contribution in [0.2, 0.25) is 0 Å². The molecule has 2 fully saturated rings. The Morgan fingerprint density at radius 2 is 1.96 bits per heavy atom. The van der Waals surface area contributed by atoms with Crippen molar-refractivity contribution >= 4 is 18.3 Å². The summed E-state index contributed by atoms with van der Waals surface area (Å²) >= 11 is 0. The number of hydrogen-bond acceptors (Lipinski definition) is 3. The number of para-hydroxylation sites is 1. The second-order valence-corrected chi connectivity index (χ2v) is 6.71. The van der Waals surface area contributed by atoms with Gasteiger partial charge in [-0.3, -0.25) is 4.79 Å². The molecule has 3 atom stereocenters. The summed E-state index contributed by atoms with van der Waals surface area (Å²) in [5.41, 5.74) is 1.03. The zero-order chi connectivity index (χ0) is 15.5. The summed E-state index contributed by atoms with van der Waals surface area (Å²) in [5, 5.41) is 6.76. The smallest absolute Gasteiger partial charge is 0.220 e. The number of fused-ring (bicyclic) bond motifs is 2. The highest BCUT2D eigenvalue weighted by Crippen LogP contribution is 2.33. The van der Waals surface area contributed by atoms with Crippen LogP contribution >= 0.6 is 12.4 Å². The fourth-order valence-corrected chi connectivity index (χ4v) is 4.01. The first-order valence-corrected chi connectivity index (χ1v) is 8.34. The topological polar surface area (TPSA) is 50.4 Å². The molecule has 4 nitrogen and oxygen atoms in total. The van der Waals surface area contributed by atoms with Gasteiger partial charge >= 0.3 is 0 Å². The lowest BCUT2D eigenvalue weighted by molar-refractivity contribution is -0.122. The number of halogens is 1. The predicted octanol–water partition coefficient (Wildman–Crippen LogP) is 3.21. The van der Waals surface area contributed by atoms with Crippen LogP contribution in [0.5, 0.6) is 5.75 Å². The van der Waals surface area contributed by atoms with E-state index in [1.54, 1.807) is 7.11 Å². The Hall–Kier alpha value is -1.26. The van der Waals surface area contributed by atoms with Gasteiger partial charge in [-0.15, -0.1) is 12.4 Å². The van der Waals surface area contributed by atoms with Crippen LogP contribution in [-0.4, -0.2) is 25.1 Å². The first kappa shape index (κ1) is 18.1. The van der Waals surface area contributed by atoms with E-state index in [0.29, 0.717) is 24.4 Å². The molecule has 2 aliphatic rings. The number of benzene rings is 1. The number of carbonyl (C=O) groups excluding carboxylic acids is 1. The second-order valence-electron chi connectivity index (χ2n) is 6.71. The van der Waals surface area contributed by atoms with Gasteiger partial charge < -0.3 is 15.4 Å². The number of carbonyl (C=O) groups is 1. The van der Waals surface area contributed by atoms with Gasteiger partial charge in [-0.2, -0.15) is 0 Å².